The number of carbonyl (C=O) groups is 1. The maximum atomic E-state index is 12.8. The molecule has 0 saturated carbocycles. The summed E-state index contributed by atoms with van der Waals surface area (Å²) in [5.41, 5.74) is 0.0700. The third-order valence-corrected chi connectivity index (χ3v) is 3.75. The quantitative estimate of drug-likeness (QED) is 0.904. The molecule has 9 heteroatoms. The Morgan fingerprint density at radius 1 is 1.50 bits per heavy atom. The summed E-state index contributed by atoms with van der Waals surface area (Å²) in [5.74, 6) is 0.407. The van der Waals surface area contributed by atoms with Gasteiger partial charge in [0.1, 0.15) is 11.5 Å². The molecule has 7 nitrogen and oxygen atoms in total. The lowest BCUT2D eigenvalue weighted by Crippen LogP contribution is -2.38. The molecule has 1 aliphatic heterocycles. The molecule has 1 amide bonds. The third kappa shape index (κ3) is 2.66. The van der Waals surface area contributed by atoms with Crippen LogP contribution in [0.3, 0.4) is 0 Å². The van der Waals surface area contributed by atoms with Crippen LogP contribution in [0.4, 0.5) is 19.4 Å². The molecular formula is C13H15F2N5O2. The summed E-state index contributed by atoms with van der Waals surface area (Å²) in [6.07, 6.45) is -0.908. The molecule has 0 radical (unpaired) electrons. The molecule has 1 atom stereocenters. The van der Waals surface area contributed by atoms with Crippen LogP contribution in [0, 0.1) is 0 Å². The van der Waals surface area contributed by atoms with Crippen LogP contribution in [0.1, 0.15) is 25.0 Å². The first-order valence-corrected chi connectivity index (χ1v) is 6.92. The zero-order chi connectivity index (χ0) is 15.7. The summed E-state index contributed by atoms with van der Waals surface area (Å²) in [6.45, 7) is 0.911. The third-order valence-electron chi connectivity index (χ3n) is 3.75. The molecule has 2 aromatic rings. The average molecular weight is 311 g/mol. The van der Waals surface area contributed by atoms with E-state index in [1.807, 2.05) is 0 Å². The van der Waals surface area contributed by atoms with Gasteiger partial charge in [-0.1, -0.05) is 0 Å². The van der Waals surface area contributed by atoms with Crippen molar-refractivity contribution in [1.29, 1.82) is 0 Å². The maximum absolute atomic E-state index is 12.8. The highest BCUT2D eigenvalue weighted by molar-refractivity contribution is 5.66. The van der Waals surface area contributed by atoms with Crippen molar-refractivity contribution in [2.75, 3.05) is 18.4 Å². The standard InChI is InChI=1S/C13H15F2N5O2/c14-12(15)9-7-17-11-4-3-10(18-20(9)11)16-6-8-2-1-5-19(8)13(21)22/h3-4,7-8,12H,1-2,5-6H2,(H,16,18)(H,21,22)/t8-/m0/s1. The number of likely N-dealkylation sites (tertiary alicyclic amines) is 1. The summed E-state index contributed by atoms with van der Waals surface area (Å²) in [5, 5.41) is 16.2. The minimum atomic E-state index is -2.66. The lowest BCUT2D eigenvalue weighted by molar-refractivity contribution is 0.141. The van der Waals surface area contributed by atoms with Gasteiger partial charge in [-0.05, 0) is 25.0 Å². The molecule has 1 aliphatic rings. The number of aromatic nitrogens is 3. The molecule has 0 bridgehead atoms. The highest BCUT2D eigenvalue weighted by Crippen LogP contribution is 2.21. The lowest BCUT2D eigenvalue weighted by atomic mass is 10.2. The normalized spacial score (nSPS) is 18.3. The fourth-order valence-corrected chi connectivity index (χ4v) is 2.66. The first-order valence-electron chi connectivity index (χ1n) is 6.92. The van der Waals surface area contributed by atoms with Crippen LogP contribution in [0.5, 0.6) is 0 Å². The van der Waals surface area contributed by atoms with Crippen LogP contribution in [-0.4, -0.2) is 49.8 Å². The van der Waals surface area contributed by atoms with Crippen molar-refractivity contribution >= 4 is 17.6 Å². The molecule has 2 N–H and O–H groups in total. The maximum Gasteiger partial charge on any atom is 0.407 e. The monoisotopic (exact) mass is 311 g/mol. The predicted octanol–water partition coefficient (Wildman–Crippen LogP) is 2.22. The second kappa shape index (κ2) is 5.74. The topological polar surface area (TPSA) is 82.8 Å². The Balaban J connectivity index is 1.74. The van der Waals surface area contributed by atoms with E-state index in [9.17, 15) is 13.6 Å². The SMILES string of the molecule is O=C(O)N1CCC[C@H]1CNc1ccc2ncc(C(F)F)n2n1. The van der Waals surface area contributed by atoms with E-state index in [2.05, 4.69) is 15.4 Å². The van der Waals surface area contributed by atoms with Gasteiger partial charge < -0.3 is 15.3 Å². The molecule has 2 aromatic heterocycles. The van der Waals surface area contributed by atoms with E-state index in [0.717, 1.165) is 23.6 Å². The summed E-state index contributed by atoms with van der Waals surface area (Å²) >= 11 is 0. The van der Waals surface area contributed by atoms with Crippen LogP contribution in [0.2, 0.25) is 0 Å². The molecule has 0 spiro atoms. The Morgan fingerprint density at radius 2 is 2.32 bits per heavy atom. The number of nitrogens with one attached hydrogen (secondary N) is 1. The Hall–Kier alpha value is -2.45. The molecule has 118 valence electrons. The van der Waals surface area contributed by atoms with Gasteiger partial charge in [-0.2, -0.15) is 0 Å². The molecule has 1 saturated heterocycles. The predicted molar refractivity (Wildman–Crippen MR) is 74.2 cm³/mol. The second-order valence-electron chi connectivity index (χ2n) is 5.13. The zero-order valence-electron chi connectivity index (χ0n) is 11.6. The Bertz CT molecular complexity index is 690. The van der Waals surface area contributed by atoms with Gasteiger partial charge in [-0.3, -0.25) is 0 Å². The molecule has 0 unspecified atom stereocenters. The van der Waals surface area contributed by atoms with Crippen molar-refractivity contribution in [3.63, 3.8) is 0 Å². The smallest absolute Gasteiger partial charge is 0.407 e. The number of hydrogen-bond acceptors (Lipinski definition) is 4. The van der Waals surface area contributed by atoms with E-state index < -0.39 is 12.5 Å². The molecule has 3 heterocycles. The lowest BCUT2D eigenvalue weighted by Gasteiger charge is -2.21. The molecule has 1 fully saturated rings. The summed E-state index contributed by atoms with van der Waals surface area (Å²) < 4.78 is 26.8. The molecule has 0 aliphatic carbocycles. The summed E-state index contributed by atoms with van der Waals surface area (Å²) in [4.78, 5) is 16.3. The van der Waals surface area contributed by atoms with Crippen LogP contribution in [0.15, 0.2) is 18.3 Å². The van der Waals surface area contributed by atoms with Crippen LogP contribution >= 0.6 is 0 Å². The number of rotatable bonds is 4. The van der Waals surface area contributed by atoms with E-state index in [0.29, 0.717) is 24.6 Å². The van der Waals surface area contributed by atoms with Crippen molar-refractivity contribution in [2.24, 2.45) is 0 Å². The van der Waals surface area contributed by atoms with Crippen molar-refractivity contribution in [3.05, 3.63) is 24.0 Å². The van der Waals surface area contributed by atoms with Crippen molar-refractivity contribution in [2.45, 2.75) is 25.3 Å². The Morgan fingerprint density at radius 3 is 3.05 bits per heavy atom. The van der Waals surface area contributed by atoms with E-state index >= 15 is 0 Å². The van der Waals surface area contributed by atoms with Gasteiger partial charge in [0.25, 0.3) is 6.43 Å². The summed E-state index contributed by atoms with van der Waals surface area (Å²) in [6, 6.07) is 3.09. The molecular weight excluding hydrogens is 296 g/mol. The summed E-state index contributed by atoms with van der Waals surface area (Å²) in [7, 11) is 0. The fourth-order valence-electron chi connectivity index (χ4n) is 2.66. The van der Waals surface area contributed by atoms with Gasteiger partial charge in [-0.15, -0.1) is 5.10 Å². The van der Waals surface area contributed by atoms with Gasteiger partial charge in [0.05, 0.1) is 12.2 Å². The highest BCUT2D eigenvalue weighted by atomic mass is 19.3. The minimum absolute atomic E-state index is 0.132. The van der Waals surface area contributed by atoms with Crippen LogP contribution in [-0.2, 0) is 0 Å². The second-order valence-corrected chi connectivity index (χ2v) is 5.13. The van der Waals surface area contributed by atoms with Gasteiger partial charge >= 0.3 is 6.09 Å². The average Bonchev–Trinajstić information content (AvgIpc) is 3.11. The first kappa shape index (κ1) is 14.5. The zero-order valence-corrected chi connectivity index (χ0v) is 11.6. The number of carboxylic acid groups (broad SMARTS) is 1. The Kier molecular flexibility index (Phi) is 3.78. The molecule has 0 aromatic carbocycles. The van der Waals surface area contributed by atoms with Gasteiger partial charge in [-0.25, -0.2) is 23.1 Å². The molecule has 22 heavy (non-hydrogen) atoms. The van der Waals surface area contributed by atoms with Gasteiger partial charge in [0, 0.05) is 13.1 Å². The Labute approximate surface area is 124 Å². The van der Waals surface area contributed by atoms with Gasteiger partial charge in [0.15, 0.2) is 5.65 Å². The van der Waals surface area contributed by atoms with E-state index in [1.54, 1.807) is 12.1 Å². The number of nitrogens with zero attached hydrogens (tertiary/aromatic N) is 4. The number of fused-ring (bicyclic) bond motifs is 1. The minimum Gasteiger partial charge on any atom is -0.465 e. The van der Waals surface area contributed by atoms with E-state index in [-0.39, 0.29) is 11.7 Å². The van der Waals surface area contributed by atoms with Gasteiger partial charge in [0.2, 0.25) is 0 Å². The van der Waals surface area contributed by atoms with E-state index in [4.69, 9.17) is 5.11 Å². The first-order chi connectivity index (χ1) is 10.6. The number of alkyl halides is 2. The number of imidazole rings is 1. The number of halogens is 2. The largest absolute Gasteiger partial charge is 0.465 e. The molecule has 3 rings (SSSR count). The number of anilines is 1. The number of hydrogen-bond donors (Lipinski definition) is 2. The van der Waals surface area contributed by atoms with Crippen molar-refractivity contribution in [3.8, 4) is 0 Å². The highest BCUT2D eigenvalue weighted by Gasteiger charge is 2.28. The fraction of sp³-hybridized carbons (Fsp3) is 0.462. The van der Waals surface area contributed by atoms with Crippen molar-refractivity contribution in [1.82, 2.24) is 19.5 Å². The van der Waals surface area contributed by atoms with E-state index in [1.165, 1.54) is 4.90 Å². The van der Waals surface area contributed by atoms with Crippen LogP contribution < -0.4 is 5.32 Å². The van der Waals surface area contributed by atoms with Crippen molar-refractivity contribution < 1.29 is 18.7 Å². The van der Waals surface area contributed by atoms with Crippen LogP contribution in [0.25, 0.3) is 5.65 Å². The number of amides is 1.